The number of carbonyl (C=O) groups excluding carboxylic acids is 1. The van der Waals surface area contributed by atoms with Crippen LogP contribution in [0.5, 0.6) is 0 Å². The molecule has 0 radical (unpaired) electrons. The van der Waals surface area contributed by atoms with E-state index < -0.39 is 0 Å². The van der Waals surface area contributed by atoms with E-state index in [1.807, 2.05) is 11.8 Å². The molecule has 1 saturated heterocycles. The van der Waals surface area contributed by atoms with Crippen LogP contribution in [0, 0.1) is 5.82 Å². The van der Waals surface area contributed by atoms with E-state index in [0.717, 1.165) is 11.4 Å². The Morgan fingerprint density at radius 1 is 1.23 bits per heavy atom. The number of thioether (sulfide) groups is 1. The molecule has 8 heteroatoms. The standard InChI is InChI=1S/C18H21FN4O2S/c1-2-14-11-16(24)21-18(20-14)26-12-17(25)23-9-7-22(8-10-23)15-5-3-13(19)4-6-15/h3-6,11H,2,7-10,12H2,1H3,(H,20,21,24). The van der Waals surface area contributed by atoms with E-state index >= 15 is 0 Å². The average molecular weight is 376 g/mol. The van der Waals surface area contributed by atoms with Crippen LogP contribution in [0.25, 0.3) is 0 Å². The van der Waals surface area contributed by atoms with Gasteiger partial charge in [0, 0.05) is 43.6 Å². The summed E-state index contributed by atoms with van der Waals surface area (Å²) in [5.74, 6) is 0.0174. The molecule has 0 bridgehead atoms. The van der Waals surface area contributed by atoms with Crippen molar-refractivity contribution in [2.75, 3.05) is 36.8 Å². The van der Waals surface area contributed by atoms with Crippen LogP contribution >= 0.6 is 11.8 Å². The largest absolute Gasteiger partial charge is 0.368 e. The van der Waals surface area contributed by atoms with Crippen molar-refractivity contribution in [3.63, 3.8) is 0 Å². The Morgan fingerprint density at radius 3 is 2.58 bits per heavy atom. The lowest BCUT2D eigenvalue weighted by molar-refractivity contribution is -0.128. The van der Waals surface area contributed by atoms with Gasteiger partial charge < -0.3 is 14.8 Å². The molecular formula is C18H21FN4O2S. The second kappa shape index (κ2) is 8.35. The van der Waals surface area contributed by atoms with Gasteiger partial charge in [-0.15, -0.1) is 0 Å². The molecule has 1 amide bonds. The highest BCUT2D eigenvalue weighted by atomic mass is 32.2. The Labute approximate surface area is 155 Å². The minimum absolute atomic E-state index is 0.0262. The van der Waals surface area contributed by atoms with Gasteiger partial charge in [-0.25, -0.2) is 9.37 Å². The highest BCUT2D eigenvalue weighted by Crippen LogP contribution is 2.18. The number of nitrogens with one attached hydrogen (secondary N) is 1. The van der Waals surface area contributed by atoms with Crippen LogP contribution in [0.1, 0.15) is 12.6 Å². The number of piperazine rings is 1. The summed E-state index contributed by atoms with van der Waals surface area (Å²) in [4.78, 5) is 34.9. The number of carbonyl (C=O) groups is 1. The van der Waals surface area contributed by atoms with Gasteiger partial charge in [0.15, 0.2) is 5.16 Å². The molecule has 1 aliphatic heterocycles. The minimum Gasteiger partial charge on any atom is -0.368 e. The quantitative estimate of drug-likeness (QED) is 0.638. The molecule has 138 valence electrons. The van der Waals surface area contributed by atoms with Gasteiger partial charge in [-0.1, -0.05) is 18.7 Å². The SMILES string of the molecule is CCc1cc(=O)[nH]c(SCC(=O)N2CCN(c3ccc(F)cc3)CC2)n1. The lowest BCUT2D eigenvalue weighted by atomic mass is 10.2. The van der Waals surface area contributed by atoms with Crippen molar-refractivity contribution in [2.45, 2.75) is 18.5 Å². The molecule has 1 aromatic heterocycles. The molecule has 0 spiro atoms. The molecule has 1 aliphatic rings. The summed E-state index contributed by atoms with van der Waals surface area (Å²) in [5.41, 5.74) is 1.49. The Hall–Kier alpha value is -2.35. The van der Waals surface area contributed by atoms with Crippen LogP contribution in [-0.4, -0.2) is 52.7 Å². The van der Waals surface area contributed by atoms with Crippen molar-refractivity contribution >= 4 is 23.4 Å². The summed E-state index contributed by atoms with van der Waals surface area (Å²) in [7, 11) is 0. The summed E-state index contributed by atoms with van der Waals surface area (Å²) in [6, 6.07) is 7.88. The van der Waals surface area contributed by atoms with Gasteiger partial charge in [0.05, 0.1) is 5.75 Å². The van der Waals surface area contributed by atoms with Crippen LogP contribution in [0.3, 0.4) is 0 Å². The van der Waals surface area contributed by atoms with Crippen molar-refractivity contribution in [3.8, 4) is 0 Å². The molecule has 1 aromatic carbocycles. The first-order valence-corrected chi connectivity index (χ1v) is 9.55. The number of hydrogen-bond donors (Lipinski definition) is 1. The first-order chi connectivity index (χ1) is 12.5. The van der Waals surface area contributed by atoms with Crippen molar-refractivity contribution in [1.29, 1.82) is 0 Å². The van der Waals surface area contributed by atoms with Crippen LogP contribution in [-0.2, 0) is 11.2 Å². The highest BCUT2D eigenvalue weighted by Gasteiger charge is 2.21. The third-order valence-corrected chi connectivity index (χ3v) is 5.15. The lowest BCUT2D eigenvalue weighted by Gasteiger charge is -2.36. The zero-order valence-corrected chi connectivity index (χ0v) is 15.4. The molecule has 0 unspecified atom stereocenters. The monoisotopic (exact) mass is 376 g/mol. The van der Waals surface area contributed by atoms with Crippen LogP contribution in [0.15, 0.2) is 40.3 Å². The van der Waals surface area contributed by atoms with Gasteiger partial charge in [-0.3, -0.25) is 9.59 Å². The van der Waals surface area contributed by atoms with E-state index in [1.54, 1.807) is 12.1 Å². The summed E-state index contributed by atoms with van der Waals surface area (Å²) in [6.07, 6.45) is 0.677. The summed E-state index contributed by atoms with van der Waals surface area (Å²) >= 11 is 1.25. The number of nitrogens with zero attached hydrogens (tertiary/aromatic N) is 3. The van der Waals surface area contributed by atoms with Crippen LogP contribution in [0.2, 0.25) is 0 Å². The van der Waals surface area contributed by atoms with Crippen molar-refractivity contribution in [2.24, 2.45) is 0 Å². The maximum Gasteiger partial charge on any atom is 0.251 e. The summed E-state index contributed by atoms with van der Waals surface area (Å²) in [6.45, 7) is 4.60. The Bertz CT molecular complexity index is 817. The van der Waals surface area contributed by atoms with E-state index in [4.69, 9.17) is 0 Å². The van der Waals surface area contributed by atoms with E-state index in [9.17, 15) is 14.0 Å². The molecule has 0 atom stereocenters. The molecule has 1 N–H and O–H groups in total. The topological polar surface area (TPSA) is 69.3 Å². The van der Waals surface area contributed by atoms with Gasteiger partial charge in [-0.2, -0.15) is 0 Å². The third kappa shape index (κ3) is 4.63. The predicted molar refractivity (Wildman–Crippen MR) is 100 cm³/mol. The second-order valence-corrected chi connectivity index (χ2v) is 6.99. The third-order valence-electron chi connectivity index (χ3n) is 4.29. The fourth-order valence-corrected chi connectivity index (χ4v) is 3.62. The summed E-state index contributed by atoms with van der Waals surface area (Å²) < 4.78 is 13.0. The molecule has 2 heterocycles. The number of aryl methyl sites for hydroxylation is 1. The lowest BCUT2D eigenvalue weighted by Crippen LogP contribution is -2.49. The first kappa shape index (κ1) is 18.4. The molecule has 3 rings (SSSR count). The van der Waals surface area contributed by atoms with Gasteiger partial charge in [0.25, 0.3) is 5.56 Å². The first-order valence-electron chi connectivity index (χ1n) is 8.56. The molecule has 26 heavy (non-hydrogen) atoms. The number of hydrogen-bond acceptors (Lipinski definition) is 5. The van der Waals surface area contributed by atoms with Crippen molar-refractivity contribution in [1.82, 2.24) is 14.9 Å². The molecule has 0 aliphatic carbocycles. The highest BCUT2D eigenvalue weighted by molar-refractivity contribution is 7.99. The predicted octanol–water partition coefficient (Wildman–Crippen LogP) is 1.91. The van der Waals surface area contributed by atoms with E-state index in [0.29, 0.717) is 37.8 Å². The van der Waals surface area contributed by atoms with Crippen LogP contribution in [0.4, 0.5) is 10.1 Å². The second-order valence-electron chi connectivity index (χ2n) is 6.03. The number of rotatable bonds is 5. The zero-order valence-electron chi connectivity index (χ0n) is 14.6. The minimum atomic E-state index is -0.251. The van der Waals surface area contributed by atoms with Gasteiger partial charge in [-0.05, 0) is 30.7 Å². The van der Waals surface area contributed by atoms with Crippen molar-refractivity contribution < 1.29 is 9.18 Å². The molecule has 0 saturated carbocycles. The summed E-state index contributed by atoms with van der Waals surface area (Å²) in [5, 5.41) is 0.479. The Kier molecular flexibility index (Phi) is 5.92. The van der Waals surface area contributed by atoms with Crippen LogP contribution < -0.4 is 10.5 Å². The Morgan fingerprint density at radius 2 is 1.92 bits per heavy atom. The van der Waals surface area contributed by atoms with Gasteiger partial charge in [0.1, 0.15) is 5.82 Å². The number of amides is 1. The number of benzene rings is 1. The van der Waals surface area contributed by atoms with E-state index in [2.05, 4.69) is 14.9 Å². The number of anilines is 1. The number of H-pyrrole nitrogens is 1. The van der Waals surface area contributed by atoms with Crippen molar-refractivity contribution in [3.05, 3.63) is 52.2 Å². The Balaban J connectivity index is 1.51. The average Bonchev–Trinajstić information content (AvgIpc) is 2.66. The molecule has 2 aromatic rings. The van der Waals surface area contributed by atoms with Gasteiger partial charge >= 0.3 is 0 Å². The number of halogens is 1. The van der Waals surface area contributed by atoms with E-state index in [-0.39, 0.29) is 23.0 Å². The number of aromatic nitrogens is 2. The normalized spacial score (nSPS) is 14.5. The smallest absolute Gasteiger partial charge is 0.251 e. The maximum atomic E-state index is 13.0. The fourth-order valence-electron chi connectivity index (χ4n) is 2.82. The number of aromatic amines is 1. The molecule has 1 fully saturated rings. The zero-order chi connectivity index (χ0) is 18.5. The van der Waals surface area contributed by atoms with Gasteiger partial charge in [0.2, 0.25) is 5.91 Å². The molecule has 6 nitrogen and oxygen atoms in total. The van der Waals surface area contributed by atoms with E-state index in [1.165, 1.54) is 30.0 Å². The molecular weight excluding hydrogens is 355 g/mol. The maximum absolute atomic E-state index is 13.0. The fraction of sp³-hybridized carbons (Fsp3) is 0.389.